The number of fused-ring (bicyclic) bond motifs is 5. The van der Waals surface area contributed by atoms with Gasteiger partial charge in [0.1, 0.15) is 6.61 Å². The highest BCUT2D eigenvalue weighted by atomic mass is 16.6. The molecule has 3 aromatic rings. The fraction of sp³-hybridized carbons (Fsp3) is 0.250. The molecule has 4 heterocycles. The van der Waals surface area contributed by atoms with Gasteiger partial charge in [0.15, 0.2) is 11.4 Å². The number of carbonyl (C=O) groups is 2. The van der Waals surface area contributed by atoms with Gasteiger partial charge in [0.2, 0.25) is 0 Å². The van der Waals surface area contributed by atoms with Crippen molar-refractivity contribution < 1.29 is 19.4 Å². The molecule has 7 heteroatoms. The molecule has 7 nitrogen and oxygen atoms in total. The van der Waals surface area contributed by atoms with Crippen LogP contribution < -0.4 is 5.56 Å². The summed E-state index contributed by atoms with van der Waals surface area (Å²) in [6.07, 6.45) is 3.37. The van der Waals surface area contributed by atoms with Gasteiger partial charge in [0.25, 0.3) is 5.56 Å². The molecule has 5 rings (SSSR count). The fourth-order valence-corrected chi connectivity index (χ4v) is 4.38. The van der Waals surface area contributed by atoms with Gasteiger partial charge in [0.05, 0.1) is 29.0 Å². The van der Waals surface area contributed by atoms with E-state index in [1.165, 1.54) is 13.0 Å². The van der Waals surface area contributed by atoms with Crippen LogP contribution >= 0.6 is 0 Å². The summed E-state index contributed by atoms with van der Waals surface area (Å²) in [5.41, 5.74) is 2.16. The summed E-state index contributed by atoms with van der Waals surface area (Å²) in [6.45, 7) is 3.36. The summed E-state index contributed by atoms with van der Waals surface area (Å²) in [7, 11) is 0. The number of aromatic nitrogens is 2. The molecule has 31 heavy (non-hydrogen) atoms. The zero-order chi connectivity index (χ0) is 21.9. The first-order valence-corrected chi connectivity index (χ1v) is 10.1. The predicted molar refractivity (Wildman–Crippen MR) is 114 cm³/mol. The molecule has 1 aromatic carbocycles. The first-order valence-electron chi connectivity index (χ1n) is 10.1. The van der Waals surface area contributed by atoms with Crippen LogP contribution in [0.25, 0.3) is 28.4 Å². The molecule has 0 bridgehead atoms. The maximum Gasteiger partial charge on any atom is 0.343 e. The zero-order valence-electron chi connectivity index (χ0n) is 17.1. The van der Waals surface area contributed by atoms with Gasteiger partial charge in [-0.1, -0.05) is 25.1 Å². The number of ketones is 1. The molecule has 2 aromatic heterocycles. The summed E-state index contributed by atoms with van der Waals surface area (Å²) in [5, 5.41) is 11.8. The van der Waals surface area contributed by atoms with Crippen molar-refractivity contribution in [2.24, 2.45) is 0 Å². The topological polar surface area (TPSA) is 98.5 Å². The molecule has 156 valence electrons. The Morgan fingerprint density at radius 1 is 1.32 bits per heavy atom. The molecule has 0 saturated carbocycles. The first kappa shape index (κ1) is 19.4. The molecule has 2 aliphatic heterocycles. The van der Waals surface area contributed by atoms with Gasteiger partial charge < -0.3 is 14.4 Å². The molecule has 2 aliphatic rings. The van der Waals surface area contributed by atoms with Crippen LogP contribution in [0.1, 0.15) is 42.5 Å². The smallest absolute Gasteiger partial charge is 0.343 e. The second-order valence-corrected chi connectivity index (χ2v) is 7.96. The Labute approximate surface area is 177 Å². The minimum atomic E-state index is -1.84. The normalized spacial score (nSPS) is 19.3. The predicted octanol–water partition coefficient (Wildman–Crippen LogP) is 2.68. The highest BCUT2D eigenvalue weighted by Crippen LogP contribution is 2.38. The van der Waals surface area contributed by atoms with Crippen molar-refractivity contribution in [1.82, 2.24) is 9.55 Å². The minimum absolute atomic E-state index is 0.0455. The van der Waals surface area contributed by atoms with E-state index in [4.69, 9.17) is 9.72 Å². The highest BCUT2D eigenvalue weighted by Gasteiger charge is 2.45. The van der Waals surface area contributed by atoms with Gasteiger partial charge in [-0.05, 0) is 43.2 Å². The maximum atomic E-state index is 13.2. The van der Waals surface area contributed by atoms with E-state index in [0.29, 0.717) is 29.1 Å². The van der Waals surface area contributed by atoms with Crippen molar-refractivity contribution in [2.75, 3.05) is 0 Å². The van der Waals surface area contributed by atoms with Crippen LogP contribution in [0.5, 0.6) is 0 Å². The fourth-order valence-electron chi connectivity index (χ4n) is 4.38. The summed E-state index contributed by atoms with van der Waals surface area (Å²) in [6, 6.07) is 9.33. The maximum absolute atomic E-state index is 13.2. The van der Waals surface area contributed by atoms with Gasteiger partial charge in [-0.15, -0.1) is 0 Å². The van der Waals surface area contributed by atoms with E-state index in [0.717, 1.165) is 22.0 Å². The second-order valence-electron chi connectivity index (χ2n) is 7.96. The van der Waals surface area contributed by atoms with Crippen LogP contribution in [0.4, 0.5) is 0 Å². The number of carbonyl (C=O) groups excluding carboxylic acids is 2. The summed E-state index contributed by atoms with van der Waals surface area (Å²) in [4.78, 5) is 41.6. The number of nitrogens with zero attached hydrogens (tertiary/aromatic N) is 2. The molecule has 0 spiro atoms. The van der Waals surface area contributed by atoms with Crippen molar-refractivity contribution >= 4 is 28.7 Å². The van der Waals surface area contributed by atoms with Gasteiger partial charge in [-0.25, -0.2) is 9.78 Å². The second kappa shape index (κ2) is 6.72. The number of pyridine rings is 2. The number of aliphatic hydroxyl groups is 1. The molecular formula is C24H20N2O5. The standard InChI is InChI=1S/C24H20N2O5/c1-3-24(30)18-10-20-21-15(11-26(20)22(28)17(18)12-31-23(24)29)9-16-14(8-7-13(2)27)5-4-6-19(16)25-21/h4-10,30H,3,11-12H2,1-2H3/t24-/m0/s1. The molecular weight excluding hydrogens is 396 g/mol. The number of hydrogen-bond acceptors (Lipinski definition) is 6. The van der Waals surface area contributed by atoms with Crippen molar-refractivity contribution in [3.05, 3.63) is 69.0 Å². The Bertz CT molecular complexity index is 1380. The lowest BCUT2D eigenvalue weighted by Gasteiger charge is -2.31. The molecule has 0 saturated heterocycles. The third kappa shape index (κ3) is 2.77. The molecule has 0 unspecified atom stereocenters. The summed E-state index contributed by atoms with van der Waals surface area (Å²) < 4.78 is 6.71. The molecule has 0 amide bonds. The lowest BCUT2D eigenvalue weighted by atomic mass is 9.86. The minimum Gasteiger partial charge on any atom is -0.458 e. The van der Waals surface area contributed by atoms with Gasteiger partial charge in [0, 0.05) is 16.5 Å². The van der Waals surface area contributed by atoms with E-state index in [1.54, 1.807) is 23.6 Å². The Morgan fingerprint density at radius 3 is 2.87 bits per heavy atom. The summed E-state index contributed by atoms with van der Waals surface area (Å²) in [5.74, 6) is -0.783. The Morgan fingerprint density at radius 2 is 2.13 bits per heavy atom. The number of esters is 1. The van der Waals surface area contributed by atoms with Crippen molar-refractivity contribution in [1.29, 1.82) is 0 Å². The largest absolute Gasteiger partial charge is 0.458 e. The van der Waals surface area contributed by atoms with Crippen LogP contribution in [0, 0.1) is 0 Å². The molecule has 0 fully saturated rings. The third-order valence-electron chi connectivity index (χ3n) is 6.08. The number of benzene rings is 1. The quantitative estimate of drug-likeness (QED) is 0.407. The average Bonchev–Trinajstić information content (AvgIpc) is 3.11. The first-order chi connectivity index (χ1) is 14.8. The Hall–Kier alpha value is -3.58. The molecule has 0 aliphatic carbocycles. The number of allylic oxidation sites excluding steroid dienone is 1. The number of cyclic esters (lactones) is 1. The lowest BCUT2D eigenvalue weighted by Crippen LogP contribution is -2.44. The SMILES string of the molecule is CC[C@@]1(O)C(=O)OCc2c1cc1n(c2=O)Cc2cc3c(C=CC(C)=O)cccc3nc2-1. The third-order valence-corrected chi connectivity index (χ3v) is 6.08. The van der Waals surface area contributed by atoms with Gasteiger partial charge in [-0.2, -0.15) is 0 Å². The van der Waals surface area contributed by atoms with Crippen molar-refractivity contribution in [3.8, 4) is 11.4 Å². The average molecular weight is 416 g/mol. The highest BCUT2D eigenvalue weighted by molar-refractivity contribution is 5.96. The molecule has 1 atom stereocenters. The van der Waals surface area contributed by atoms with Crippen LogP contribution in [0.2, 0.25) is 0 Å². The Kier molecular flexibility index (Phi) is 4.20. The van der Waals surface area contributed by atoms with E-state index < -0.39 is 11.6 Å². The summed E-state index contributed by atoms with van der Waals surface area (Å²) >= 11 is 0. The monoisotopic (exact) mass is 416 g/mol. The van der Waals surface area contributed by atoms with Crippen LogP contribution in [0.3, 0.4) is 0 Å². The van der Waals surface area contributed by atoms with Gasteiger partial charge >= 0.3 is 5.97 Å². The van der Waals surface area contributed by atoms with Crippen molar-refractivity contribution in [3.63, 3.8) is 0 Å². The number of rotatable bonds is 3. The molecule has 1 N–H and O–H groups in total. The van der Waals surface area contributed by atoms with E-state index in [-0.39, 0.29) is 24.4 Å². The van der Waals surface area contributed by atoms with Crippen LogP contribution in [0.15, 0.2) is 41.2 Å². The molecule has 0 radical (unpaired) electrons. The Balaban J connectivity index is 1.73. The van der Waals surface area contributed by atoms with Gasteiger partial charge in [-0.3, -0.25) is 9.59 Å². The van der Waals surface area contributed by atoms with Crippen LogP contribution in [-0.2, 0) is 33.1 Å². The van der Waals surface area contributed by atoms with E-state index in [1.807, 2.05) is 24.3 Å². The number of ether oxygens (including phenoxy) is 1. The number of hydrogen-bond donors (Lipinski definition) is 1. The van der Waals surface area contributed by atoms with E-state index in [2.05, 4.69) is 0 Å². The zero-order valence-corrected chi connectivity index (χ0v) is 17.1. The lowest BCUT2D eigenvalue weighted by molar-refractivity contribution is -0.172. The van der Waals surface area contributed by atoms with E-state index in [9.17, 15) is 19.5 Å². The van der Waals surface area contributed by atoms with Crippen LogP contribution in [-0.4, -0.2) is 26.4 Å². The van der Waals surface area contributed by atoms with Crippen molar-refractivity contribution in [2.45, 2.75) is 39.0 Å². The van der Waals surface area contributed by atoms with E-state index >= 15 is 0 Å².